The van der Waals surface area contributed by atoms with E-state index < -0.39 is 0 Å². The van der Waals surface area contributed by atoms with Crippen molar-refractivity contribution in [2.24, 2.45) is 5.73 Å². The number of carbonyl (C=O) groups excluding carboxylic acids is 1. The molecule has 0 radical (unpaired) electrons. The van der Waals surface area contributed by atoms with E-state index in [9.17, 15) is 9.90 Å². The van der Waals surface area contributed by atoms with Crippen molar-refractivity contribution >= 4 is 11.6 Å². The number of phenols is 1. The SMILES string of the molecule is COc1ccc(NC(=O)c2ccnc(CN)c2)c(O)c1. The van der Waals surface area contributed by atoms with Gasteiger partial charge in [0.25, 0.3) is 5.91 Å². The Kier molecular flexibility index (Phi) is 4.17. The van der Waals surface area contributed by atoms with Crippen LogP contribution < -0.4 is 15.8 Å². The van der Waals surface area contributed by atoms with E-state index in [1.165, 1.54) is 19.4 Å². The number of aromatic nitrogens is 1. The molecule has 1 heterocycles. The molecule has 0 aliphatic rings. The summed E-state index contributed by atoms with van der Waals surface area (Å²) in [5, 5.41) is 12.4. The van der Waals surface area contributed by atoms with E-state index in [4.69, 9.17) is 10.5 Å². The van der Waals surface area contributed by atoms with Crippen LogP contribution in [0.3, 0.4) is 0 Å². The lowest BCUT2D eigenvalue weighted by Crippen LogP contribution is -2.13. The van der Waals surface area contributed by atoms with Gasteiger partial charge in [0.2, 0.25) is 0 Å². The Balaban J connectivity index is 2.18. The number of ether oxygens (including phenoxy) is 1. The molecule has 0 saturated carbocycles. The highest BCUT2D eigenvalue weighted by atomic mass is 16.5. The summed E-state index contributed by atoms with van der Waals surface area (Å²) in [6, 6.07) is 7.82. The highest BCUT2D eigenvalue weighted by molar-refractivity contribution is 6.05. The molecule has 1 amide bonds. The second-order valence-corrected chi connectivity index (χ2v) is 4.08. The van der Waals surface area contributed by atoms with Crippen LogP contribution >= 0.6 is 0 Å². The van der Waals surface area contributed by atoms with Crippen LogP contribution in [-0.2, 0) is 6.54 Å². The zero-order chi connectivity index (χ0) is 14.5. The van der Waals surface area contributed by atoms with Gasteiger partial charge in [-0.05, 0) is 24.3 Å². The third-order valence-corrected chi connectivity index (χ3v) is 2.74. The van der Waals surface area contributed by atoms with Crippen molar-refractivity contribution in [2.75, 3.05) is 12.4 Å². The number of pyridine rings is 1. The first-order chi connectivity index (χ1) is 9.63. The fourth-order valence-corrected chi connectivity index (χ4v) is 1.67. The summed E-state index contributed by atoms with van der Waals surface area (Å²) >= 11 is 0. The monoisotopic (exact) mass is 273 g/mol. The number of rotatable bonds is 4. The van der Waals surface area contributed by atoms with Crippen LogP contribution in [0.4, 0.5) is 5.69 Å². The maximum Gasteiger partial charge on any atom is 0.255 e. The number of benzene rings is 1. The van der Waals surface area contributed by atoms with Crippen molar-refractivity contribution < 1.29 is 14.6 Å². The zero-order valence-corrected chi connectivity index (χ0v) is 11.0. The number of phenolic OH excluding ortho intramolecular Hbond substituents is 1. The molecule has 0 aliphatic heterocycles. The Labute approximate surface area is 116 Å². The Morgan fingerprint density at radius 2 is 2.20 bits per heavy atom. The third-order valence-electron chi connectivity index (χ3n) is 2.74. The first kappa shape index (κ1) is 13.8. The summed E-state index contributed by atoms with van der Waals surface area (Å²) in [6.45, 7) is 0.259. The number of nitrogens with one attached hydrogen (secondary N) is 1. The average Bonchev–Trinajstić information content (AvgIpc) is 2.49. The molecule has 0 aliphatic carbocycles. The van der Waals surface area contributed by atoms with Crippen LogP contribution in [0.25, 0.3) is 0 Å². The van der Waals surface area contributed by atoms with Gasteiger partial charge in [0.1, 0.15) is 11.5 Å². The molecule has 2 aromatic rings. The van der Waals surface area contributed by atoms with Crippen molar-refractivity contribution in [2.45, 2.75) is 6.54 Å². The predicted molar refractivity (Wildman–Crippen MR) is 74.7 cm³/mol. The van der Waals surface area contributed by atoms with Crippen LogP contribution in [0.15, 0.2) is 36.5 Å². The Hall–Kier alpha value is -2.60. The Bertz CT molecular complexity index is 629. The van der Waals surface area contributed by atoms with Gasteiger partial charge in [-0.3, -0.25) is 9.78 Å². The lowest BCUT2D eigenvalue weighted by molar-refractivity contribution is 0.102. The molecular weight excluding hydrogens is 258 g/mol. The minimum absolute atomic E-state index is 0.0641. The number of methoxy groups -OCH3 is 1. The minimum Gasteiger partial charge on any atom is -0.506 e. The summed E-state index contributed by atoms with van der Waals surface area (Å²) in [6.07, 6.45) is 1.52. The summed E-state index contributed by atoms with van der Waals surface area (Å²) < 4.78 is 4.98. The summed E-state index contributed by atoms with van der Waals surface area (Å²) in [5.74, 6) is 0.100. The quantitative estimate of drug-likeness (QED) is 0.733. The van der Waals surface area contributed by atoms with Crippen LogP contribution in [-0.4, -0.2) is 23.1 Å². The van der Waals surface area contributed by atoms with E-state index >= 15 is 0 Å². The molecule has 6 heteroatoms. The summed E-state index contributed by atoms with van der Waals surface area (Å²) in [4.78, 5) is 16.1. The van der Waals surface area contributed by atoms with Crippen molar-refractivity contribution in [1.29, 1.82) is 0 Å². The maximum absolute atomic E-state index is 12.1. The lowest BCUT2D eigenvalue weighted by atomic mass is 10.2. The van der Waals surface area contributed by atoms with Gasteiger partial charge in [-0.2, -0.15) is 0 Å². The van der Waals surface area contributed by atoms with Crippen molar-refractivity contribution in [1.82, 2.24) is 4.98 Å². The van der Waals surface area contributed by atoms with Gasteiger partial charge >= 0.3 is 0 Å². The fourth-order valence-electron chi connectivity index (χ4n) is 1.67. The fraction of sp³-hybridized carbons (Fsp3) is 0.143. The third kappa shape index (κ3) is 3.04. The molecule has 4 N–H and O–H groups in total. The Morgan fingerprint density at radius 3 is 2.85 bits per heavy atom. The van der Waals surface area contributed by atoms with Gasteiger partial charge in [-0.25, -0.2) is 0 Å². The standard InChI is InChI=1S/C14H15N3O3/c1-20-11-2-3-12(13(18)7-11)17-14(19)9-4-5-16-10(6-9)8-15/h2-7,18H,8,15H2,1H3,(H,17,19). The molecule has 1 aromatic heterocycles. The number of amides is 1. The van der Waals surface area contributed by atoms with Gasteiger partial charge in [-0.15, -0.1) is 0 Å². The second kappa shape index (κ2) is 6.03. The van der Waals surface area contributed by atoms with E-state index in [1.807, 2.05) is 0 Å². The van der Waals surface area contributed by atoms with Crippen molar-refractivity contribution in [3.05, 3.63) is 47.8 Å². The molecule has 20 heavy (non-hydrogen) atoms. The molecule has 1 aromatic carbocycles. The highest BCUT2D eigenvalue weighted by Crippen LogP contribution is 2.28. The number of nitrogens with two attached hydrogens (primary N) is 1. The van der Waals surface area contributed by atoms with E-state index in [0.717, 1.165) is 0 Å². The van der Waals surface area contributed by atoms with Crippen molar-refractivity contribution in [3.8, 4) is 11.5 Å². The average molecular weight is 273 g/mol. The number of carbonyl (C=O) groups is 1. The van der Waals surface area contributed by atoms with E-state index in [0.29, 0.717) is 22.7 Å². The minimum atomic E-state index is -0.345. The number of hydrogen-bond donors (Lipinski definition) is 3. The van der Waals surface area contributed by atoms with Gasteiger partial charge < -0.3 is 20.9 Å². The first-order valence-corrected chi connectivity index (χ1v) is 5.97. The predicted octanol–water partition coefficient (Wildman–Crippen LogP) is 1.51. The molecule has 0 saturated heterocycles. The van der Waals surface area contributed by atoms with Gasteiger partial charge in [0.15, 0.2) is 0 Å². The van der Waals surface area contributed by atoms with Crippen molar-refractivity contribution in [3.63, 3.8) is 0 Å². The smallest absolute Gasteiger partial charge is 0.255 e. The molecule has 0 fully saturated rings. The molecule has 0 unspecified atom stereocenters. The normalized spacial score (nSPS) is 10.1. The van der Waals surface area contributed by atoms with E-state index in [1.54, 1.807) is 24.3 Å². The lowest BCUT2D eigenvalue weighted by Gasteiger charge is -2.09. The van der Waals surface area contributed by atoms with Crippen LogP contribution in [0.5, 0.6) is 11.5 Å². The number of anilines is 1. The largest absolute Gasteiger partial charge is 0.506 e. The molecule has 6 nitrogen and oxygen atoms in total. The van der Waals surface area contributed by atoms with Gasteiger partial charge in [0, 0.05) is 24.4 Å². The Morgan fingerprint density at radius 1 is 1.40 bits per heavy atom. The molecule has 0 spiro atoms. The molecule has 104 valence electrons. The number of aromatic hydroxyl groups is 1. The highest BCUT2D eigenvalue weighted by Gasteiger charge is 2.10. The van der Waals surface area contributed by atoms with Gasteiger partial charge in [-0.1, -0.05) is 0 Å². The maximum atomic E-state index is 12.1. The summed E-state index contributed by atoms with van der Waals surface area (Å²) in [5.41, 5.74) is 6.84. The van der Waals surface area contributed by atoms with Crippen LogP contribution in [0.2, 0.25) is 0 Å². The second-order valence-electron chi connectivity index (χ2n) is 4.08. The molecule has 0 bridgehead atoms. The van der Waals surface area contributed by atoms with Crippen LogP contribution in [0, 0.1) is 0 Å². The first-order valence-electron chi connectivity index (χ1n) is 5.97. The topological polar surface area (TPSA) is 97.5 Å². The molecule has 2 rings (SSSR count). The summed E-state index contributed by atoms with van der Waals surface area (Å²) in [7, 11) is 1.50. The van der Waals surface area contributed by atoms with Gasteiger partial charge in [0.05, 0.1) is 18.5 Å². The number of hydrogen-bond acceptors (Lipinski definition) is 5. The molecule has 0 atom stereocenters. The number of nitrogens with zero attached hydrogens (tertiary/aromatic N) is 1. The zero-order valence-electron chi connectivity index (χ0n) is 11.0. The van der Waals surface area contributed by atoms with E-state index in [-0.39, 0.29) is 18.2 Å². The van der Waals surface area contributed by atoms with Crippen LogP contribution in [0.1, 0.15) is 16.1 Å². The van der Waals surface area contributed by atoms with E-state index in [2.05, 4.69) is 10.3 Å². The molecular formula is C14H15N3O3.